The Morgan fingerprint density at radius 2 is 2.07 bits per heavy atom. The van der Waals surface area contributed by atoms with E-state index >= 15 is 0 Å². The second-order valence-corrected chi connectivity index (χ2v) is 3.41. The van der Waals surface area contributed by atoms with Gasteiger partial charge in [0.25, 0.3) is 0 Å². The van der Waals surface area contributed by atoms with Crippen molar-refractivity contribution in [2.75, 3.05) is 13.7 Å². The average molecular weight is 224 g/mol. The Morgan fingerprint density at radius 1 is 1.50 bits per heavy atom. The Hall–Kier alpha value is -0.320. The monoisotopic (exact) mass is 223 g/mol. The van der Waals surface area contributed by atoms with Crippen molar-refractivity contribution in [3.8, 4) is 0 Å². The Labute approximate surface area is 90.5 Å². The molecule has 4 nitrogen and oxygen atoms in total. The number of esters is 1. The summed E-state index contributed by atoms with van der Waals surface area (Å²) in [7, 11) is 1.52. The minimum absolute atomic E-state index is 0. The van der Waals surface area contributed by atoms with E-state index in [0.717, 1.165) is 25.7 Å². The fraction of sp³-hybridized carbons (Fsp3) is 0.889. The van der Waals surface area contributed by atoms with Crippen molar-refractivity contribution < 1.29 is 14.3 Å². The van der Waals surface area contributed by atoms with Gasteiger partial charge in [-0.15, -0.1) is 12.4 Å². The van der Waals surface area contributed by atoms with Gasteiger partial charge in [-0.05, 0) is 25.7 Å². The van der Waals surface area contributed by atoms with Gasteiger partial charge in [-0.3, -0.25) is 4.79 Å². The molecule has 0 radical (unpaired) electrons. The standard InChI is InChI=1S/C9H17NO3.ClH/c1-12-6-8(10)9(11)13-7-4-2-3-5-7;/h7-8H,2-6,10H2,1H3;1H/t8-;/m0./s1. The first kappa shape index (κ1) is 13.7. The Kier molecular flexibility index (Phi) is 6.87. The summed E-state index contributed by atoms with van der Waals surface area (Å²) in [5, 5.41) is 0. The van der Waals surface area contributed by atoms with Gasteiger partial charge in [0, 0.05) is 7.11 Å². The van der Waals surface area contributed by atoms with Crippen LogP contribution in [0.1, 0.15) is 25.7 Å². The maximum Gasteiger partial charge on any atom is 0.325 e. The Morgan fingerprint density at radius 3 is 2.57 bits per heavy atom. The molecule has 1 atom stereocenters. The molecule has 1 aliphatic rings. The summed E-state index contributed by atoms with van der Waals surface area (Å²) in [4.78, 5) is 11.3. The summed E-state index contributed by atoms with van der Waals surface area (Å²) in [6.07, 6.45) is 4.35. The number of carbonyl (C=O) groups is 1. The van der Waals surface area contributed by atoms with Crippen LogP contribution in [0.25, 0.3) is 0 Å². The zero-order chi connectivity index (χ0) is 9.68. The molecule has 0 aromatic heterocycles. The number of rotatable bonds is 4. The maximum atomic E-state index is 11.3. The molecule has 14 heavy (non-hydrogen) atoms. The molecule has 84 valence electrons. The first-order valence-corrected chi connectivity index (χ1v) is 4.69. The molecule has 0 heterocycles. The Bertz CT molecular complexity index is 171. The SMILES string of the molecule is COC[C@H](N)C(=O)OC1CCCC1.Cl. The van der Waals surface area contributed by atoms with E-state index in [1.54, 1.807) is 0 Å². The van der Waals surface area contributed by atoms with Gasteiger partial charge in [0.2, 0.25) is 0 Å². The van der Waals surface area contributed by atoms with Crippen LogP contribution in [0.5, 0.6) is 0 Å². The molecule has 1 fully saturated rings. The van der Waals surface area contributed by atoms with E-state index in [9.17, 15) is 4.79 Å². The molecular formula is C9H18ClNO3. The molecular weight excluding hydrogens is 206 g/mol. The summed E-state index contributed by atoms with van der Waals surface area (Å²) in [6.45, 7) is 0.228. The predicted octanol–water partition coefficient (Wildman–Crippen LogP) is 0.868. The summed E-state index contributed by atoms with van der Waals surface area (Å²) in [6, 6.07) is -0.634. The van der Waals surface area contributed by atoms with Crippen LogP contribution in [0.15, 0.2) is 0 Å². The lowest BCUT2D eigenvalue weighted by molar-refractivity contribution is -0.151. The predicted molar refractivity (Wildman–Crippen MR) is 55.4 cm³/mol. The van der Waals surface area contributed by atoms with E-state index in [1.165, 1.54) is 7.11 Å². The van der Waals surface area contributed by atoms with Gasteiger partial charge in [0.05, 0.1) is 6.61 Å². The van der Waals surface area contributed by atoms with Gasteiger partial charge in [0.15, 0.2) is 0 Å². The van der Waals surface area contributed by atoms with Crippen LogP contribution in [-0.4, -0.2) is 31.8 Å². The highest BCUT2D eigenvalue weighted by Gasteiger charge is 2.22. The third-order valence-corrected chi connectivity index (χ3v) is 2.23. The molecule has 0 amide bonds. The van der Waals surface area contributed by atoms with Crippen molar-refractivity contribution in [1.29, 1.82) is 0 Å². The summed E-state index contributed by atoms with van der Waals surface area (Å²) < 4.78 is 9.95. The first-order valence-electron chi connectivity index (χ1n) is 4.69. The highest BCUT2D eigenvalue weighted by atomic mass is 35.5. The zero-order valence-corrected chi connectivity index (χ0v) is 9.22. The van der Waals surface area contributed by atoms with E-state index in [-0.39, 0.29) is 31.1 Å². The van der Waals surface area contributed by atoms with Gasteiger partial charge in [-0.25, -0.2) is 0 Å². The molecule has 1 saturated carbocycles. The highest BCUT2D eigenvalue weighted by molar-refractivity contribution is 5.85. The molecule has 0 aromatic carbocycles. The van der Waals surface area contributed by atoms with Gasteiger partial charge < -0.3 is 15.2 Å². The number of halogens is 1. The molecule has 2 N–H and O–H groups in total. The number of hydrogen-bond acceptors (Lipinski definition) is 4. The van der Waals surface area contributed by atoms with E-state index in [0.29, 0.717) is 0 Å². The van der Waals surface area contributed by atoms with Gasteiger partial charge in [-0.2, -0.15) is 0 Å². The first-order chi connectivity index (χ1) is 6.24. The normalized spacial score (nSPS) is 18.7. The van der Waals surface area contributed by atoms with Crippen LogP contribution in [0.3, 0.4) is 0 Å². The van der Waals surface area contributed by atoms with Crippen LogP contribution < -0.4 is 5.73 Å². The molecule has 1 aliphatic carbocycles. The maximum absolute atomic E-state index is 11.3. The smallest absolute Gasteiger partial charge is 0.325 e. The minimum atomic E-state index is -0.634. The fourth-order valence-corrected chi connectivity index (χ4v) is 1.51. The van der Waals surface area contributed by atoms with Crippen LogP contribution in [0, 0.1) is 0 Å². The third-order valence-electron chi connectivity index (χ3n) is 2.23. The van der Waals surface area contributed by atoms with E-state index in [4.69, 9.17) is 15.2 Å². The molecule has 0 unspecified atom stereocenters. The molecule has 1 rings (SSSR count). The van der Waals surface area contributed by atoms with Crippen molar-refractivity contribution in [3.05, 3.63) is 0 Å². The van der Waals surface area contributed by atoms with E-state index < -0.39 is 6.04 Å². The average Bonchev–Trinajstić information content (AvgIpc) is 2.57. The van der Waals surface area contributed by atoms with E-state index in [2.05, 4.69) is 0 Å². The van der Waals surface area contributed by atoms with Crippen molar-refractivity contribution in [2.45, 2.75) is 37.8 Å². The molecule has 0 bridgehead atoms. The number of carbonyl (C=O) groups excluding carboxylic acids is 1. The summed E-state index contributed by atoms with van der Waals surface area (Å²) >= 11 is 0. The summed E-state index contributed by atoms with van der Waals surface area (Å²) in [5.74, 6) is -0.339. The zero-order valence-electron chi connectivity index (χ0n) is 8.40. The van der Waals surface area contributed by atoms with Gasteiger partial charge in [-0.1, -0.05) is 0 Å². The Balaban J connectivity index is 0.00000169. The second-order valence-electron chi connectivity index (χ2n) is 3.41. The fourth-order valence-electron chi connectivity index (χ4n) is 1.51. The minimum Gasteiger partial charge on any atom is -0.461 e. The number of hydrogen-bond donors (Lipinski definition) is 1. The van der Waals surface area contributed by atoms with Crippen molar-refractivity contribution in [2.24, 2.45) is 5.73 Å². The van der Waals surface area contributed by atoms with Crippen LogP contribution in [0.4, 0.5) is 0 Å². The lowest BCUT2D eigenvalue weighted by Crippen LogP contribution is -2.38. The molecule has 0 spiro atoms. The van der Waals surface area contributed by atoms with Gasteiger partial charge in [0.1, 0.15) is 12.1 Å². The molecule has 0 aliphatic heterocycles. The molecule has 0 saturated heterocycles. The summed E-state index contributed by atoms with van der Waals surface area (Å²) in [5.41, 5.74) is 5.51. The number of methoxy groups -OCH3 is 1. The third kappa shape index (κ3) is 4.26. The quantitative estimate of drug-likeness (QED) is 0.719. The second kappa shape index (κ2) is 7.04. The highest BCUT2D eigenvalue weighted by Crippen LogP contribution is 2.21. The van der Waals surface area contributed by atoms with E-state index in [1.807, 2.05) is 0 Å². The van der Waals surface area contributed by atoms with Crippen molar-refractivity contribution >= 4 is 18.4 Å². The molecule has 5 heteroatoms. The topological polar surface area (TPSA) is 61.5 Å². The molecule has 0 aromatic rings. The lowest BCUT2D eigenvalue weighted by Gasteiger charge is -2.14. The van der Waals surface area contributed by atoms with Crippen molar-refractivity contribution in [3.63, 3.8) is 0 Å². The van der Waals surface area contributed by atoms with Crippen LogP contribution in [0.2, 0.25) is 0 Å². The van der Waals surface area contributed by atoms with Crippen molar-refractivity contribution in [1.82, 2.24) is 0 Å². The van der Waals surface area contributed by atoms with Crippen LogP contribution in [-0.2, 0) is 14.3 Å². The largest absolute Gasteiger partial charge is 0.461 e. The lowest BCUT2D eigenvalue weighted by atomic mass is 10.3. The number of nitrogens with two attached hydrogens (primary N) is 1. The van der Waals surface area contributed by atoms with Crippen LogP contribution >= 0.6 is 12.4 Å². The number of ether oxygens (including phenoxy) is 2. The van der Waals surface area contributed by atoms with Gasteiger partial charge >= 0.3 is 5.97 Å².